The van der Waals surface area contributed by atoms with Gasteiger partial charge in [-0.1, -0.05) is 37.1 Å². The first-order valence-corrected chi connectivity index (χ1v) is 7.15. The van der Waals surface area contributed by atoms with E-state index in [4.69, 9.17) is 4.74 Å². The lowest BCUT2D eigenvalue weighted by Gasteiger charge is -2.09. The number of carbonyl (C=O) groups is 1. The van der Waals surface area contributed by atoms with Crippen LogP contribution in [0.25, 0.3) is 6.08 Å². The Bertz CT molecular complexity index is 461. The van der Waals surface area contributed by atoms with Crippen LogP contribution in [0.15, 0.2) is 24.3 Å². The van der Waals surface area contributed by atoms with Crippen molar-refractivity contribution >= 4 is 12.0 Å². The number of hydrogen-bond donors (Lipinski definition) is 1. The molecule has 3 heteroatoms. The van der Waals surface area contributed by atoms with E-state index in [1.165, 1.54) is 6.08 Å². The maximum absolute atomic E-state index is 11.6. The van der Waals surface area contributed by atoms with E-state index in [2.05, 4.69) is 6.92 Å². The summed E-state index contributed by atoms with van der Waals surface area (Å²) in [6.07, 6.45) is 5.28. The van der Waals surface area contributed by atoms with Crippen LogP contribution in [0.5, 0.6) is 0 Å². The zero-order valence-corrected chi connectivity index (χ0v) is 12.6. The lowest BCUT2D eigenvalue weighted by molar-refractivity contribution is -0.137. The lowest BCUT2D eigenvalue weighted by Crippen LogP contribution is -2.06. The van der Waals surface area contributed by atoms with Crippen molar-refractivity contribution in [1.82, 2.24) is 0 Å². The molecule has 0 heterocycles. The monoisotopic (exact) mass is 276 g/mol. The van der Waals surface area contributed by atoms with Crippen LogP contribution < -0.4 is 0 Å². The average molecular weight is 276 g/mol. The quantitative estimate of drug-likeness (QED) is 0.472. The second-order valence-electron chi connectivity index (χ2n) is 5.11. The normalized spacial score (nSPS) is 12.6. The second kappa shape index (κ2) is 8.54. The van der Waals surface area contributed by atoms with Gasteiger partial charge in [0, 0.05) is 6.08 Å². The van der Waals surface area contributed by atoms with Crippen LogP contribution in [0.4, 0.5) is 0 Å². The van der Waals surface area contributed by atoms with Gasteiger partial charge in [0.2, 0.25) is 0 Å². The zero-order chi connectivity index (χ0) is 15.0. The first-order chi connectivity index (χ1) is 9.52. The summed E-state index contributed by atoms with van der Waals surface area (Å²) in [5.41, 5.74) is 3.11. The average Bonchev–Trinajstić information content (AvgIpc) is 2.39. The van der Waals surface area contributed by atoms with Crippen molar-refractivity contribution in [3.63, 3.8) is 0 Å². The number of benzene rings is 1. The van der Waals surface area contributed by atoms with Crippen molar-refractivity contribution in [2.24, 2.45) is 0 Å². The van der Waals surface area contributed by atoms with Gasteiger partial charge in [0.15, 0.2) is 0 Å². The molecular weight excluding hydrogens is 252 g/mol. The number of aryl methyl sites for hydroxylation is 1. The molecule has 0 aliphatic rings. The van der Waals surface area contributed by atoms with Crippen molar-refractivity contribution < 1.29 is 14.6 Å². The Kier molecular flexibility index (Phi) is 7.02. The molecule has 20 heavy (non-hydrogen) atoms. The minimum atomic E-state index is -0.402. The molecule has 0 bridgehead atoms. The van der Waals surface area contributed by atoms with Crippen LogP contribution in [0.1, 0.15) is 43.4 Å². The highest BCUT2D eigenvalue weighted by atomic mass is 16.5. The number of esters is 1. The zero-order valence-electron chi connectivity index (χ0n) is 12.6. The molecule has 0 aliphatic carbocycles. The molecule has 1 aromatic carbocycles. The molecule has 1 N–H and O–H groups in total. The van der Waals surface area contributed by atoms with E-state index in [0.717, 1.165) is 29.5 Å². The molecule has 0 spiro atoms. The maximum atomic E-state index is 11.6. The first kappa shape index (κ1) is 16.4. The Hall–Kier alpha value is -1.61. The third-order valence-corrected chi connectivity index (χ3v) is 2.96. The van der Waals surface area contributed by atoms with Gasteiger partial charge in [0.1, 0.15) is 0 Å². The van der Waals surface area contributed by atoms with Crippen LogP contribution in [0, 0.1) is 6.92 Å². The largest absolute Gasteiger partial charge is 0.463 e. The third-order valence-electron chi connectivity index (χ3n) is 2.96. The van der Waals surface area contributed by atoms with Crippen molar-refractivity contribution in [3.05, 3.63) is 41.0 Å². The van der Waals surface area contributed by atoms with Crippen molar-refractivity contribution in [2.75, 3.05) is 6.61 Å². The van der Waals surface area contributed by atoms with Crippen molar-refractivity contribution in [2.45, 2.75) is 46.1 Å². The van der Waals surface area contributed by atoms with Crippen LogP contribution in [-0.4, -0.2) is 23.8 Å². The number of hydrogen-bond acceptors (Lipinski definition) is 3. The first-order valence-electron chi connectivity index (χ1n) is 7.15. The highest BCUT2D eigenvalue weighted by Crippen LogP contribution is 2.16. The van der Waals surface area contributed by atoms with E-state index >= 15 is 0 Å². The van der Waals surface area contributed by atoms with Crippen LogP contribution >= 0.6 is 0 Å². The number of aliphatic hydroxyl groups excluding tert-OH is 1. The van der Waals surface area contributed by atoms with E-state index in [-0.39, 0.29) is 5.97 Å². The summed E-state index contributed by atoms with van der Waals surface area (Å²) in [4.78, 5) is 11.6. The fourth-order valence-corrected chi connectivity index (χ4v) is 1.90. The fourth-order valence-electron chi connectivity index (χ4n) is 1.90. The second-order valence-corrected chi connectivity index (χ2v) is 5.11. The molecule has 1 unspecified atom stereocenters. The van der Waals surface area contributed by atoms with Gasteiger partial charge in [-0.2, -0.15) is 0 Å². The molecule has 1 rings (SSSR count). The summed E-state index contributed by atoms with van der Waals surface area (Å²) < 4.78 is 5.08. The topological polar surface area (TPSA) is 46.5 Å². The SMILES string of the molecule is CCCCOC(=O)/C=C/c1cc(C)ccc1CC(C)O. The van der Waals surface area contributed by atoms with E-state index in [9.17, 15) is 9.90 Å². The Balaban J connectivity index is 2.74. The minimum Gasteiger partial charge on any atom is -0.463 e. The summed E-state index contributed by atoms with van der Waals surface area (Å²) in [6, 6.07) is 6.01. The summed E-state index contributed by atoms with van der Waals surface area (Å²) >= 11 is 0. The predicted octanol–water partition coefficient (Wildman–Crippen LogP) is 3.27. The highest BCUT2D eigenvalue weighted by molar-refractivity contribution is 5.87. The van der Waals surface area contributed by atoms with Crippen LogP contribution in [0.3, 0.4) is 0 Å². The summed E-state index contributed by atoms with van der Waals surface area (Å²) in [5.74, 6) is -0.317. The fraction of sp³-hybridized carbons (Fsp3) is 0.471. The molecule has 0 aliphatic heterocycles. The van der Waals surface area contributed by atoms with Gasteiger partial charge in [0.05, 0.1) is 12.7 Å². The Morgan fingerprint density at radius 2 is 2.20 bits per heavy atom. The number of unbranched alkanes of at least 4 members (excludes halogenated alkanes) is 1. The molecule has 0 fully saturated rings. The predicted molar refractivity (Wildman–Crippen MR) is 81.5 cm³/mol. The molecule has 0 radical (unpaired) electrons. The number of rotatable bonds is 7. The number of carbonyl (C=O) groups excluding carboxylic acids is 1. The standard InChI is InChI=1S/C17H24O3/c1-4-5-10-20-17(19)9-8-15-11-13(2)6-7-16(15)12-14(3)18/h6-9,11,14,18H,4-5,10,12H2,1-3H3/b9-8+. The maximum Gasteiger partial charge on any atom is 0.330 e. The smallest absolute Gasteiger partial charge is 0.330 e. The molecule has 3 nitrogen and oxygen atoms in total. The van der Waals surface area contributed by atoms with Crippen molar-refractivity contribution in [3.8, 4) is 0 Å². The molecule has 0 amide bonds. The van der Waals surface area contributed by atoms with Gasteiger partial charge in [-0.15, -0.1) is 0 Å². The van der Waals surface area contributed by atoms with Gasteiger partial charge in [-0.3, -0.25) is 0 Å². The number of ether oxygens (including phenoxy) is 1. The highest BCUT2D eigenvalue weighted by Gasteiger charge is 2.05. The van der Waals surface area contributed by atoms with E-state index in [1.54, 1.807) is 13.0 Å². The molecule has 0 saturated carbocycles. The van der Waals surface area contributed by atoms with E-state index in [0.29, 0.717) is 13.0 Å². The van der Waals surface area contributed by atoms with Gasteiger partial charge >= 0.3 is 5.97 Å². The third kappa shape index (κ3) is 6.02. The van der Waals surface area contributed by atoms with Gasteiger partial charge < -0.3 is 9.84 Å². The summed E-state index contributed by atoms with van der Waals surface area (Å²) in [5, 5.41) is 9.50. The molecule has 0 aromatic heterocycles. The summed E-state index contributed by atoms with van der Waals surface area (Å²) in [6.45, 7) is 6.28. The number of aliphatic hydroxyl groups is 1. The van der Waals surface area contributed by atoms with Crippen LogP contribution in [0.2, 0.25) is 0 Å². The Labute approximate surface area is 121 Å². The Morgan fingerprint density at radius 1 is 1.45 bits per heavy atom. The molecule has 0 saturated heterocycles. The van der Waals surface area contributed by atoms with Gasteiger partial charge in [0.25, 0.3) is 0 Å². The molecule has 110 valence electrons. The molecular formula is C17H24O3. The molecule has 1 aromatic rings. The summed E-state index contributed by atoms with van der Waals surface area (Å²) in [7, 11) is 0. The van der Waals surface area contributed by atoms with Gasteiger partial charge in [-0.25, -0.2) is 4.79 Å². The van der Waals surface area contributed by atoms with Crippen molar-refractivity contribution in [1.29, 1.82) is 0 Å². The van der Waals surface area contributed by atoms with E-state index in [1.807, 2.05) is 25.1 Å². The Morgan fingerprint density at radius 3 is 2.85 bits per heavy atom. The molecule has 1 atom stereocenters. The lowest BCUT2D eigenvalue weighted by atomic mass is 9.99. The minimum absolute atomic E-state index is 0.317. The van der Waals surface area contributed by atoms with Gasteiger partial charge in [-0.05, 0) is 43.9 Å². The van der Waals surface area contributed by atoms with E-state index < -0.39 is 6.10 Å². The van der Waals surface area contributed by atoms with Crippen LogP contribution in [-0.2, 0) is 16.0 Å².